The van der Waals surface area contributed by atoms with Crippen LogP contribution in [0, 0.1) is 5.92 Å². The number of carbonyl (C=O) groups excluding carboxylic acids is 1. The van der Waals surface area contributed by atoms with Crippen LogP contribution in [0.3, 0.4) is 0 Å². The monoisotopic (exact) mass is 211 g/mol. The summed E-state index contributed by atoms with van der Waals surface area (Å²) < 4.78 is 5.80. The zero-order valence-electron chi connectivity index (χ0n) is 9.50. The molecule has 1 aliphatic heterocycles. The lowest BCUT2D eigenvalue weighted by atomic mass is 9.70. The Hall–Kier alpha value is -0.410. The molecule has 2 fully saturated rings. The van der Waals surface area contributed by atoms with Crippen LogP contribution in [0.25, 0.3) is 0 Å². The van der Waals surface area contributed by atoms with Crippen molar-refractivity contribution in [2.45, 2.75) is 57.1 Å². The van der Waals surface area contributed by atoms with Crippen LogP contribution in [0.4, 0.5) is 0 Å². The SMILES string of the molecule is CCC(N)C(=O)C1CCOC2(CCC2)C1. The molecule has 1 saturated carbocycles. The van der Waals surface area contributed by atoms with Gasteiger partial charge >= 0.3 is 0 Å². The summed E-state index contributed by atoms with van der Waals surface area (Å²) >= 11 is 0. The maximum absolute atomic E-state index is 12.0. The van der Waals surface area contributed by atoms with Gasteiger partial charge in [-0.3, -0.25) is 4.79 Å². The molecule has 2 aliphatic rings. The maximum atomic E-state index is 12.0. The minimum Gasteiger partial charge on any atom is -0.375 e. The summed E-state index contributed by atoms with van der Waals surface area (Å²) in [5, 5.41) is 0. The Kier molecular flexibility index (Phi) is 3.12. The van der Waals surface area contributed by atoms with Gasteiger partial charge in [-0.1, -0.05) is 6.92 Å². The van der Waals surface area contributed by atoms with E-state index in [2.05, 4.69) is 0 Å². The molecule has 1 saturated heterocycles. The summed E-state index contributed by atoms with van der Waals surface area (Å²) in [7, 11) is 0. The van der Waals surface area contributed by atoms with Crippen molar-refractivity contribution in [2.75, 3.05) is 6.61 Å². The van der Waals surface area contributed by atoms with Crippen LogP contribution in [0.1, 0.15) is 45.4 Å². The van der Waals surface area contributed by atoms with Crippen LogP contribution in [0.5, 0.6) is 0 Å². The second-order valence-corrected chi connectivity index (χ2v) is 4.99. The first-order valence-electron chi connectivity index (χ1n) is 6.10. The number of ether oxygens (including phenoxy) is 1. The number of hydrogen-bond donors (Lipinski definition) is 1. The lowest BCUT2D eigenvalue weighted by Crippen LogP contribution is -2.49. The fourth-order valence-corrected chi connectivity index (χ4v) is 2.69. The van der Waals surface area contributed by atoms with Gasteiger partial charge in [-0.05, 0) is 38.5 Å². The average molecular weight is 211 g/mol. The molecule has 2 rings (SSSR count). The fourth-order valence-electron chi connectivity index (χ4n) is 2.69. The summed E-state index contributed by atoms with van der Waals surface area (Å²) in [4.78, 5) is 12.0. The normalized spacial score (nSPS) is 30.9. The van der Waals surface area contributed by atoms with Crippen LogP contribution in [0.15, 0.2) is 0 Å². The number of nitrogens with two attached hydrogens (primary N) is 1. The summed E-state index contributed by atoms with van der Waals surface area (Å²) in [6.45, 7) is 2.72. The third kappa shape index (κ3) is 2.08. The molecule has 0 radical (unpaired) electrons. The molecule has 86 valence electrons. The molecule has 0 aromatic heterocycles. The molecule has 3 nitrogen and oxygen atoms in total. The highest BCUT2D eigenvalue weighted by molar-refractivity contribution is 5.86. The van der Waals surface area contributed by atoms with Gasteiger partial charge in [0.1, 0.15) is 0 Å². The molecule has 1 aliphatic carbocycles. The van der Waals surface area contributed by atoms with Crippen LogP contribution in [-0.2, 0) is 9.53 Å². The Labute approximate surface area is 91.4 Å². The Morgan fingerprint density at radius 3 is 2.87 bits per heavy atom. The van der Waals surface area contributed by atoms with E-state index < -0.39 is 0 Å². The van der Waals surface area contributed by atoms with Crippen molar-refractivity contribution in [2.24, 2.45) is 11.7 Å². The van der Waals surface area contributed by atoms with Gasteiger partial charge in [0.25, 0.3) is 0 Å². The molecule has 0 bridgehead atoms. The lowest BCUT2D eigenvalue weighted by Gasteiger charge is -2.47. The van der Waals surface area contributed by atoms with Crippen LogP contribution in [0.2, 0.25) is 0 Å². The van der Waals surface area contributed by atoms with Crippen LogP contribution >= 0.6 is 0 Å². The molecule has 1 spiro atoms. The Morgan fingerprint density at radius 1 is 1.60 bits per heavy atom. The number of ketones is 1. The summed E-state index contributed by atoms with van der Waals surface area (Å²) in [5.74, 6) is 0.418. The van der Waals surface area contributed by atoms with E-state index in [0.717, 1.165) is 38.7 Å². The minimum absolute atomic E-state index is 0.0615. The van der Waals surface area contributed by atoms with Crippen LogP contribution in [-0.4, -0.2) is 24.0 Å². The van der Waals surface area contributed by atoms with E-state index in [1.807, 2.05) is 6.92 Å². The molecule has 0 aromatic carbocycles. The van der Waals surface area contributed by atoms with Gasteiger partial charge < -0.3 is 10.5 Å². The van der Waals surface area contributed by atoms with E-state index in [1.54, 1.807) is 0 Å². The maximum Gasteiger partial charge on any atom is 0.152 e. The topological polar surface area (TPSA) is 52.3 Å². The third-order valence-corrected chi connectivity index (χ3v) is 3.97. The molecule has 0 amide bonds. The summed E-state index contributed by atoms with van der Waals surface area (Å²) in [6.07, 6.45) is 6.06. The second-order valence-electron chi connectivity index (χ2n) is 4.99. The standard InChI is InChI=1S/C12H21NO2/c1-2-10(13)11(14)9-4-7-15-12(8-9)5-3-6-12/h9-10H,2-8,13H2,1H3. The molecule has 0 aromatic rings. The van der Waals surface area contributed by atoms with Crippen molar-refractivity contribution in [1.82, 2.24) is 0 Å². The summed E-state index contributed by atoms with van der Waals surface area (Å²) in [6, 6.07) is -0.259. The smallest absolute Gasteiger partial charge is 0.152 e. The first-order chi connectivity index (χ1) is 7.17. The zero-order valence-corrected chi connectivity index (χ0v) is 9.50. The quantitative estimate of drug-likeness (QED) is 0.772. The van der Waals surface area contributed by atoms with Gasteiger partial charge in [0, 0.05) is 12.5 Å². The molecule has 2 N–H and O–H groups in total. The largest absolute Gasteiger partial charge is 0.375 e. The molecule has 15 heavy (non-hydrogen) atoms. The van der Waals surface area contributed by atoms with Crippen molar-refractivity contribution in [3.05, 3.63) is 0 Å². The molecule has 1 heterocycles. The molecule has 3 heteroatoms. The highest BCUT2D eigenvalue weighted by atomic mass is 16.5. The highest BCUT2D eigenvalue weighted by Crippen LogP contribution is 2.44. The summed E-state index contributed by atoms with van der Waals surface area (Å²) in [5.41, 5.74) is 5.87. The van der Waals surface area contributed by atoms with Gasteiger partial charge in [-0.25, -0.2) is 0 Å². The van der Waals surface area contributed by atoms with Crippen molar-refractivity contribution < 1.29 is 9.53 Å². The third-order valence-electron chi connectivity index (χ3n) is 3.97. The fraction of sp³-hybridized carbons (Fsp3) is 0.917. The Bertz CT molecular complexity index is 248. The van der Waals surface area contributed by atoms with Crippen LogP contribution < -0.4 is 5.73 Å². The minimum atomic E-state index is -0.259. The van der Waals surface area contributed by atoms with Gasteiger partial charge in [0.2, 0.25) is 0 Å². The van der Waals surface area contributed by atoms with E-state index in [0.29, 0.717) is 0 Å². The second kappa shape index (κ2) is 4.22. The van der Waals surface area contributed by atoms with E-state index in [1.165, 1.54) is 6.42 Å². The highest BCUT2D eigenvalue weighted by Gasteiger charge is 2.44. The van der Waals surface area contributed by atoms with Gasteiger partial charge in [0.05, 0.1) is 11.6 Å². The molecule has 2 atom stereocenters. The molecular formula is C12H21NO2. The van der Waals surface area contributed by atoms with Gasteiger partial charge in [-0.2, -0.15) is 0 Å². The first kappa shape index (κ1) is 11.1. The Morgan fingerprint density at radius 2 is 2.33 bits per heavy atom. The van der Waals surface area contributed by atoms with E-state index in [9.17, 15) is 4.79 Å². The number of carbonyl (C=O) groups is 1. The zero-order chi connectivity index (χ0) is 10.9. The van der Waals surface area contributed by atoms with Crippen molar-refractivity contribution in [3.63, 3.8) is 0 Å². The van der Waals surface area contributed by atoms with Crippen molar-refractivity contribution >= 4 is 5.78 Å². The number of hydrogen-bond acceptors (Lipinski definition) is 3. The Balaban J connectivity index is 1.95. The van der Waals surface area contributed by atoms with E-state index >= 15 is 0 Å². The van der Waals surface area contributed by atoms with Gasteiger partial charge in [0.15, 0.2) is 5.78 Å². The average Bonchev–Trinajstić information content (AvgIpc) is 2.25. The number of rotatable bonds is 3. The van der Waals surface area contributed by atoms with Crippen molar-refractivity contribution in [3.8, 4) is 0 Å². The van der Waals surface area contributed by atoms with Crippen molar-refractivity contribution in [1.29, 1.82) is 0 Å². The predicted molar refractivity (Wildman–Crippen MR) is 58.5 cm³/mol. The van der Waals surface area contributed by atoms with E-state index in [-0.39, 0.29) is 23.3 Å². The lowest BCUT2D eigenvalue weighted by molar-refractivity contribution is -0.156. The number of Topliss-reactive ketones (excluding diaryl/α,β-unsaturated/α-hetero) is 1. The molecule has 2 unspecified atom stereocenters. The molecular weight excluding hydrogens is 190 g/mol. The van der Waals surface area contributed by atoms with E-state index in [4.69, 9.17) is 10.5 Å². The predicted octanol–water partition coefficient (Wildman–Crippen LogP) is 1.64. The van der Waals surface area contributed by atoms with Gasteiger partial charge in [-0.15, -0.1) is 0 Å². The first-order valence-corrected chi connectivity index (χ1v) is 6.10.